The molecule has 2 rings (SSSR count). The van der Waals surface area contributed by atoms with Crippen LogP contribution in [0.3, 0.4) is 0 Å². The summed E-state index contributed by atoms with van der Waals surface area (Å²) >= 11 is 6.22. The van der Waals surface area contributed by atoms with Gasteiger partial charge in [-0.2, -0.15) is 5.10 Å². The fraction of sp³-hybridized carbons (Fsp3) is 0.667. The Morgan fingerprint density at radius 3 is 2.82 bits per heavy atom. The highest BCUT2D eigenvalue weighted by molar-refractivity contribution is 6.21. The van der Waals surface area contributed by atoms with E-state index in [0.29, 0.717) is 18.2 Å². The average molecular weight is 256 g/mol. The van der Waals surface area contributed by atoms with E-state index in [4.69, 9.17) is 11.6 Å². The van der Waals surface area contributed by atoms with Crippen molar-refractivity contribution in [2.24, 2.45) is 13.0 Å². The standard InChI is InChI=1S/C12H18ClN3O/c1-8-4-5-16(7-10(8)13)12(17)11-6-9(2)14-15(11)3/h6,8,10H,4-5,7H2,1-3H3. The second-order valence-corrected chi connectivity index (χ2v) is 5.39. The maximum Gasteiger partial charge on any atom is 0.272 e. The number of hydrogen-bond acceptors (Lipinski definition) is 2. The lowest BCUT2D eigenvalue weighted by Crippen LogP contribution is -2.44. The van der Waals surface area contributed by atoms with E-state index >= 15 is 0 Å². The van der Waals surface area contributed by atoms with Crippen LogP contribution >= 0.6 is 11.6 Å². The van der Waals surface area contributed by atoms with Crippen molar-refractivity contribution in [1.29, 1.82) is 0 Å². The van der Waals surface area contributed by atoms with Crippen molar-refractivity contribution in [2.45, 2.75) is 25.6 Å². The summed E-state index contributed by atoms with van der Waals surface area (Å²) in [6.45, 7) is 5.44. The predicted molar refractivity (Wildman–Crippen MR) is 67.3 cm³/mol. The fourth-order valence-corrected chi connectivity index (χ4v) is 2.47. The molecule has 0 bridgehead atoms. The van der Waals surface area contributed by atoms with Gasteiger partial charge in [0.25, 0.3) is 5.91 Å². The Hall–Kier alpha value is -1.03. The molecule has 2 atom stereocenters. The van der Waals surface area contributed by atoms with Crippen molar-refractivity contribution in [1.82, 2.24) is 14.7 Å². The second-order valence-electron chi connectivity index (χ2n) is 4.83. The van der Waals surface area contributed by atoms with Crippen molar-refractivity contribution in [3.8, 4) is 0 Å². The summed E-state index contributed by atoms with van der Waals surface area (Å²) in [6.07, 6.45) is 0.969. The molecule has 2 heterocycles. The van der Waals surface area contributed by atoms with Crippen LogP contribution in [-0.4, -0.2) is 39.1 Å². The maximum absolute atomic E-state index is 12.3. The Morgan fingerprint density at radius 1 is 1.59 bits per heavy atom. The van der Waals surface area contributed by atoms with Crippen LogP contribution in [0.25, 0.3) is 0 Å². The molecule has 0 spiro atoms. The molecule has 0 radical (unpaired) electrons. The first-order valence-corrected chi connectivity index (χ1v) is 6.36. The molecule has 0 saturated carbocycles. The van der Waals surface area contributed by atoms with Gasteiger partial charge in [-0.15, -0.1) is 11.6 Å². The van der Waals surface area contributed by atoms with Crippen LogP contribution in [-0.2, 0) is 7.05 Å². The SMILES string of the molecule is Cc1cc(C(=O)N2CCC(C)C(Cl)C2)n(C)n1. The molecule has 4 nitrogen and oxygen atoms in total. The van der Waals surface area contributed by atoms with Gasteiger partial charge < -0.3 is 4.90 Å². The first-order chi connectivity index (χ1) is 7.99. The molecule has 2 unspecified atom stereocenters. The molecule has 17 heavy (non-hydrogen) atoms. The molecule has 5 heteroatoms. The topological polar surface area (TPSA) is 38.1 Å². The number of piperidine rings is 1. The molecular weight excluding hydrogens is 238 g/mol. The van der Waals surface area contributed by atoms with Gasteiger partial charge in [-0.1, -0.05) is 6.92 Å². The van der Waals surface area contributed by atoms with Gasteiger partial charge in [0.05, 0.1) is 11.1 Å². The number of aryl methyl sites for hydroxylation is 2. The summed E-state index contributed by atoms with van der Waals surface area (Å²) in [6, 6.07) is 1.82. The average Bonchev–Trinajstić information content (AvgIpc) is 2.61. The third kappa shape index (κ3) is 2.46. The Morgan fingerprint density at radius 2 is 2.29 bits per heavy atom. The summed E-state index contributed by atoms with van der Waals surface area (Å²) < 4.78 is 1.64. The van der Waals surface area contributed by atoms with Crippen molar-refractivity contribution in [3.63, 3.8) is 0 Å². The largest absolute Gasteiger partial charge is 0.336 e. The molecule has 94 valence electrons. The number of alkyl halides is 1. The summed E-state index contributed by atoms with van der Waals surface area (Å²) in [5.41, 5.74) is 1.50. The summed E-state index contributed by atoms with van der Waals surface area (Å²) in [7, 11) is 1.80. The number of rotatable bonds is 1. The molecule has 1 amide bonds. The summed E-state index contributed by atoms with van der Waals surface area (Å²) in [4.78, 5) is 14.1. The van der Waals surface area contributed by atoms with Gasteiger partial charge >= 0.3 is 0 Å². The number of nitrogens with zero attached hydrogens (tertiary/aromatic N) is 3. The number of likely N-dealkylation sites (tertiary alicyclic amines) is 1. The Labute approximate surface area is 107 Å². The Balaban J connectivity index is 2.13. The van der Waals surface area contributed by atoms with E-state index in [-0.39, 0.29) is 11.3 Å². The zero-order valence-corrected chi connectivity index (χ0v) is 11.2. The van der Waals surface area contributed by atoms with Crippen molar-refractivity contribution >= 4 is 17.5 Å². The number of amides is 1. The number of halogens is 1. The van der Waals surface area contributed by atoms with Gasteiger partial charge in [0.1, 0.15) is 5.69 Å². The Bertz CT molecular complexity index is 429. The third-order valence-corrected chi connectivity index (χ3v) is 3.94. The number of hydrogen-bond donors (Lipinski definition) is 0. The van der Waals surface area contributed by atoms with E-state index in [2.05, 4.69) is 12.0 Å². The predicted octanol–water partition coefficient (Wildman–Crippen LogP) is 1.82. The van der Waals surface area contributed by atoms with E-state index in [9.17, 15) is 4.79 Å². The lowest BCUT2D eigenvalue weighted by Gasteiger charge is -2.33. The van der Waals surface area contributed by atoms with Gasteiger partial charge in [-0.3, -0.25) is 9.48 Å². The monoisotopic (exact) mass is 255 g/mol. The van der Waals surface area contributed by atoms with E-state index in [1.54, 1.807) is 11.7 Å². The fourth-order valence-electron chi connectivity index (χ4n) is 2.18. The molecule has 1 aliphatic heterocycles. The lowest BCUT2D eigenvalue weighted by molar-refractivity contribution is 0.0690. The van der Waals surface area contributed by atoms with Gasteiger partial charge in [0.15, 0.2) is 0 Å². The highest BCUT2D eigenvalue weighted by Gasteiger charge is 2.29. The van der Waals surface area contributed by atoms with Crippen LogP contribution < -0.4 is 0 Å². The van der Waals surface area contributed by atoms with Crippen LogP contribution in [0.5, 0.6) is 0 Å². The van der Waals surface area contributed by atoms with Crippen LogP contribution in [0.4, 0.5) is 0 Å². The third-order valence-electron chi connectivity index (χ3n) is 3.37. The minimum Gasteiger partial charge on any atom is -0.336 e. The lowest BCUT2D eigenvalue weighted by atomic mass is 9.98. The van der Waals surface area contributed by atoms with E-state index in [0.717, 1.165) is 18.7 Å². The summed E-state index contributed by atoms with van der Waals surface area (Å²) in [5, 5.41) is 4.25. The first kappa shape index (κ1) is 12.4. The number of carbonyl (C=O) groups is 1. The molecular formula is C12H18ClN3O. The number of carbonyl (C=O) groups excluding carboxylic acids is 1. The summed E-state index contributed by atoms with van der Waals surface area (Å²) in [5.74, 6) is 0.514. The number of aromatic nitrogens is 2. The first-order valence-electron chi connectivity index (χ1n) is 5.93. The molecule has 0 aromatic carbocycles. The second kappa shape index (κ2) is 4.69. The minimum atomic E-state index is 0.0330. The molecule has 0 N–H and O–H groups in total. The Kier molecular flexibility index (Phi) is 3.43. The van der Waals surface area contributed by atoms with Gasteiger partial charge in [0, 0.05) is 20.1 Å². The van der Waals surface area contributed by atoms with Gasteiger partial charge in [-0.05, 0) is 25.3 Å². The molecule has 1 aromatic heterocycles. The van der Waals surface area contributed by atoms with Crippen LogP contribution in [0.15, 0.2) is 6.07 Å². The zero-order chi connectivity index (χ0) is 12.6. The molecule has 1 fully saturated rings. The molecule has 1 aliphatic rings. The highest BCUT2D eigenvalue weighted by Crippen LogP contribution is 2.23. The van der Waals surface area contributed by atoms with E-state index < -0.39 is 0 Å². The molecule has 1 saturated heterocycles. The normalized spacial score (nSPS) is 25.1. The van der Waals surface area contributed by atoms with Gasteiger partial charge in [-0.25, -0.2) is 0 Å². The van der Waals surface area contributed by atoms with Crippen molar-refractivity contribution in [2.75, 3.05) is 13.1 Å². The van der Waals surface area contributed by atoms with Gasteiger partial charge in [0.2, 0.25) is 0 Å². The van der Waals surface area contributed by atoms with E-state index in [1.807, 2.05) is 17.9 Å². The van der Waals surface area contributed by atoms with E-state index in [1.165, 1.54) is 0 Å². The van der Waals surface area contributed by atoms with Crippen LogP contribution in [0.1, 0.15) is 29.5 Å². The quantitative estimate of drug-likeness (QED) is 0.718. The van der Waals surface area contributed by atoms with Crippen molar-refractivity contribution in [3.05, 3.63) is 17.5 Å². The van der Waals surface area contributed by atoms with Crippen molar-refractivity contribution < 1.29 is 4.79 Å². The van der Waals surface area contributed by atoms with Crippen LogP contribution in [0, 0.1) is 12.8 Å². The molecule has 0 aliphatic carbocycles. The van der Waals surface area contributed by atoms with Crippen LogP contribution in [0.2, 0.25) is 0 Å². The highest BCUT2D eigenvalue weighted by atomic mass is 35.5. The smallest absolute Gasteiger partial charge is 0.272 e. The zero-order valence-electron chi connectivity index (χ0n) is 10.5. The maximum atomic E-state index is 12.3. The minimum absolute atomic E-state index is 0.0330. The molecule has 1 aromatic rings.